The maximum atomic E-state index is 12.8. The molecule has 0 saturated heterocycles. The molecule has 142 valence electrons. The van der Waals surface area contributed by atoms with Gasteiger partial charge in [-0.1, -0.05) is 31.8 Å². The van der Waals surface area contributed by atoms with Crippen molar-refractivity contribution in [1.29, 1.82) is 0 Å². The average molecular weight is 397 g/mol. The number of hydrogen-bond donors (Lipinski definition) is 0. The van der Waals surface area contributed by atoms with E-state index in [-0.39, 0.29) is 5.56 Å². The van der Waals surface area contributed by atoms with E-state index in [0.29, 0.717) is 18.3 Å². The number of alkyl halides is 3. The van der Waals surface area contributed by atoms with E-state index in [0.717, 1.165) is 0 Å². The number of para-hydroxylation sites is 1. The summed E-state index contributed by atoms with van der Waals surface area (Å²) < 4.78 is 65.8. The maximum absolute atomic E-state index is 12.8. The van der Waals surface area contributed by atoms with Gasteiger partial charge in [0.15, 0.2) is 5.75 Å². The van der Waals surface area contributed by atoms with Crippen LogP contribution in [0.5, 0.6) is 5.75 Å². The van der Waals surface area contributed by atoms with Crippen molar-refractivity contribution in [2.45, 2.75) is 39.0 Å². The van der Waals surface area contributed by atoms with Gasteiger partial charge < -0.3 is 9.08 Å². The van der Waals surface area contributed by atoms with Crippen LogP contribution in [-0.4, -0.2) is 45.9 Å². The Hall–Kier alpha value is -1.55. The quantitative estimate of drug-likeness (QED) is 0.421. The smallest absolute Gasteiger partial charge is 0.375 e. The summed E-state index contributed by atoms with van der Waals surface area (Å²) in [5.41, 5.74) is -5.76. The van der Waals surface area contributed by atoms with E-state index in [4.69, 9.17) is 0 Å². The first kappa shape index (κ1) is 21.5. The number of rotatable bonds is 6. The molecule has 0 atom stereocenters. The zero-order chi connectivity index (χ0) is 19.6. The highest BCUT2D eigenvalue weighted by Crippen LogP contribution is 2.30. The van der Waals surface area contributed by atoms with Crippen molar-refractivity contribution in [3.05, 3.63) is 23.8 Å². The number of carbonyl (C=O) groups excluding carboxylic acids is 1. The lowest BCUT2D eigenvalue weighted by Crippen LogP contribution is -2.42. The zero-order valence-electron chi connectivity index (χ0n) is 14.8. The first-order valence-corrected chi connectivity index (χ1v) is 12.6. The summed E-state index contributed by atoms with van der Waals surface area (Å²) in [5, 5.41) is 0.332. The molecule has 0 aromatic heterocycles. The van der Waals surface area contributed by atoms with Gasteiger partial charge in [-0.05, 0) is 25.1 Å². The highest BCUT2D eigenvalue weighted by atomic mass is 32.2. The lowest BCUT2D eigenvalue weighted by atomic mass is 10.1. The van der Waals surface area contributed by atoms with Crippen LogP contribution in [0.1, 0.15) is 24.2 Å². The van der Waals surface area contributed by atoms with Crippen molar-refractivity contribution in [3.63, 3.8) is 0 Å². The summed E-state index contributed by atoms with van der Waals surface area (Å²) in [6.45, 7) is 9.56. The van der Waals surface area contributed by atoms with E-state index in [2.05, 4.69) is 4.18 Å². The number of hydrogen-bond acceptors (Lipinski definition) is 4. The minimum absolute atomic E-state index is 0.184. The molecule has 5 nitrogen and oxygen atoms in total. The normalized spacial score (nSPS) is 12.8. The van der Waals surface area contributed by atoms with Gasteiger partial charge in [0, 0.05) is 13.1 Å². The Morgan fingerprint density at radius 1 is 1.16 bits per heavy atom. The van der Waals surface area contributed by atoms with Crippen molar-refractivity contribution >= 4 is 29.3 Å². The van der Waals surface area contributed by atoms with Crippen LogP contribution < -0.4 is 9.37 Å². The standard InChI is InChI=1S/C15H22F3NO4SSi/c1-6-19(7-2)14(20)11-9-8-10-12(25(3,4)5)13(11)23-24(21,22)15(16,17)18/h8-10H,6-7H2,1-5H3. The lowest BCUT2D eigenvalue weighted by molar-refractivity contribution is -0.0500. The third-order valence-electron chi connectivity index (χ3n) is 3.58. The predicted octanol–water partition coefficient (Wildman–Crippen LogP) is 2.94. The van der Waals surface area contributed by atoms with E-state index in [9.17, 15) is 26.4 Å². The van der Waals surface area contributed by atoms with Crippen LogP contribution in [0.2, 0.25) is 19.6 Å². The van der Waals surface area contributed by atoms with Crippen molar-refractivity contribution in [2.75, 3.05) is 13.1 Å². The average Bonchev–Trinajstić information content (AvgIpc) is 2.45. The molecule has 1 aromatic rings. The second-order valence-corrected chi connectivity index (χ2v) is 13.0. The summed E-state index contributed by atoms with van der Waals surface area (Å²) >= 11 is 0. The van der Waals surface area contributed by atoms with E-state index < -0.39 is 35.4 Å². The number of carbonyl (C=O) groups is 1. The second kappa shape index (κ2) is 7.36. The molecule has 1 rings (SSSR count). The Bertz CT molecular complexity index is 738. The van der Waals surface area contributed by atoms with E-state index in [1.54, 1.807) is 13.8 Å². The molecule has 0 aliphatic rings. The summed E-state index contributed by atoms with van der Waals surface area (Å²) in [4.78, 5) is 14.0. The molecule has 0 aliphatic carbocycles. The molecule has 0 radical (unpaired) electrons. The lowest BCUT2D eigenvalue weighted by Gasteiger charge is -2.25. The number of amides is 1. The van der Waals surface area contributed by atoms with Crippen LogP contribution in [0.25, 0.3) is 0 Å². The Morgan fingerprint density at radius 2 is 1.68 bits per heavy atom. The van der Waals surface area contributed by atoms with Crippen LogP contribution in [0.3, 0.4) is 0 Å². The Morgan fingerprint density at radius 3 is 2.08 bits per heavy atom. The van der Waals surface area contributed by atoms with Crippen molar-refractivity contribution in [1.82, 2.24) is 4.90 Å². The summed E-state index contributed by atoms with van der Waals surface area (Å²) in [6.07, 6.45) is 0. The molecule has 0 bridgehead atoms. The summed E-state index contributed by atoms with van der Waals surface area (Å²) in [5.74, 6) is -1.09. The number of benzene rings is 1. The van der Waals surface area contributed by atoms with Crippen molar-refractivity contribution < 1.29 is 30.6 Å². The number of nitrogens with zero attached hydrogens (tertiary/aromatic N) is 1. The molecule has 1 aromatic carbocycles. The van der Waals surface area contributed by atoms with Gasteiger partial charge in [0.05, 0.1) is 13.6 Å². The fraction of sp³-hybridized carbons (Fsp3) is 0.533. The van der Waals surface area contributed by atoms with Gasteiger partial charge in [-0.25, -0.2) is 0 Å². The SMILES string of the molecule is CCN(CC)C(=O)c1cccc([Si](C)(C)C)c1OS(=O)(=O)C(F)(F)F. The molecule has 0 fully saturated rings. The Labute approximate surface area is 146 Å². The third kappa shape index (κ3) is 4.75. The van der Waals surface area contributed by atoms with Crippen LogP contribution in [0, 0.1) is 0 Å². The van der Waals surface area contributed by atoms with E-state index in [1.807, 2.05) is 19.6 Å². The van der Waals surface area contributed by atoms with E-state index >= 15 is 0 Å². The molecule has 0 unspecified atom stereocenters. The van der Waals surface area contributed by atoms with E-state index in [1.165, 1.54) is 23.1 Å². The maximum Gasteiger partial charge on any atom is 0.534 e. The first-order chi connectivity index (χ1) is 11.3. The molecule has 0 spiro atoms. The molecule has 0 aliphatic heterocycles. The van der Waals surface area contributed by atoms with Crippen LogP contribution in [-0.2, 0) is 10.1 Å². The fourth-order valence-corrected chi connectivity index (χ4v) is 4.25. The topological polar surface area (TPSA) is 63.7 Å². The van der Waals surface area contributed by atoms with Gasteiger partial charge in [0.1, 0.15) is 0 Å². The number of halogens is 3. The van der Waals surface area contributed by atoms with Crippen LogP contribution >= 0.6 is 0 Å². The van der Waals surface area contributed by atoms with Gasteiger partial charge in [0.2, 0.25) is 0 Å². The largest absolute Gasteiger partial charge is 0.534 e. The predicted molar refractivity (Wildman–Crippen MR) is 92.3 cm³/mol. The molecular weight excluding hydrogens is 375 g/mol. The molecule has 0 saturated carbocycles. The summed E-state index contributed by atoms with van der Waals surface area (Å²) in [6, 6.07) is 4.31. The molecule has 0 N–H and O–H groups in total. The van der Waals surface area contributed by atoms with Crippen LogP contribution in [0.4, 0.5) is 13.2 Å². The fourth-order valence-electron chi connectivity index (χ4n) is 2.22. The monoisotopic (exact) mass is 397 g/mol. The molecule has 0 heterocycles. The first-order valence-electron chi connectivity index (χ1n) is 7.69. The molecular formula is C15H22F3NO4SSi. The Kier molecular flexibility index (Phi) is 6.33. The molecule has 1 amide bonds. The highest BCUT2D eigenvalue weighted by molar-refractivity contribution is 7.88. The minimum Gasteiger partial charge on any atom is -0.375 e. The second-order valence-electron chi connectivity index (χ2n) is 6.39. The highest BCUT2D eigenvalue weighted by Gasteiger charge is 2.49. The van der Waals surface area contributed by atoms with Crippen molar-refractivity contribution in [3.8, 4) is 5.75 Å². The van der Waals surface area contributed by atoms with Gasteiger partial charge in [-0.2, -0.15) is 21.6 Å². The van der Waals surface area contributed by atoms with Gasteiger partial charge in [-0.15, -0.1) is 0 Å². The third-order valence-corrected chi connectivity index (χ3v) is 6.54. The molecule has 10 heteroatoms. The van der Waals surface area contributed by atoms with Crippen molar-refractivity contribution in [2.24, 2.45) is 0 Å². The summed E-state index contributed by atoms with van der Waals surface area (Å²) in [7, 11) is -8.17. The van der Waals surface area contributed by atoms with Gasteiger partial charge in [-0.3, -0.25) is 4.79 Å². The Balaban J connectivity index is 3.63. The minimum atomic E-state index is -5.88. The van der Waals surface area contributed by atoms with Gasteiger partial charge in [0.25, 0.3) is 5.91 Å². The van der Waals surface area contributed by atoms with Gasteiger partial charge >= 0.3 is 15.6 Å². The van der Waals surface area contributed by atoms with Crippen LogP contribution in [0.15, 0.2) is 18.2 Å². The molecule has 25 heavy (non-hydrogen) atoms. The zero-order valence-corrected chi connectivity index (χ0v) is 16.6.